The largest absolute Gasteiger partial charge is 0.477 e. The summed E-state index contributed by atoms with van der Waals surface area (Å²) >= 11 is 6.31. The zero-order valence-electron chi connectivity index (χ0n) is 7.15. The van der Waals surface area contributed by atoms with Gasteiger partial charge in [0.25, 0.3) is 0 Å². The van der Waals surface area contributed by atoms with Gasteiger partial charge in [-0.2, -0.15) is 0 Å². The normalized spacial score (nSPS) is 11.6. The van der Waals surface area contributed by atoms with Crippen molar-refractivity contribution in [1.82, 2.24) is 0 Å². The molecule has 1 heterocycles. The van der Waals surface area contributed by atoms with Crippen LogP contribution in [0.25, 0.3) is 0 Å². The maximum absolute atomic E-state index is 11.4. The number of halogens is 1. The van der Waals surface area contributed by atoms with Crippen molar-refractivity contribution in [1.29, 1.82) is 0 Å². The molecule has 1 aromatic heterocycles. The molecule has 0 aliphatic carbocycles. The van der Waals surface area contributed by atoms with Crippen molar-refractivity contribution in [2.24, 2.45) is 0 Å². The van der Waals surface area contributed by atoms with Gasteiger partial charge >= 0.3 is 5.97 Å². The minimum absolute atomic E-state index is 0.139. The third-order valence-corrected chi connectivity index (χ3v) is 4.71. The second-order valence-electron chi connectivity index (χ2n) is 2.45. The number of carboxylic acids is 1. The fraction of sp³-hybridized carbons (Fsp3) is 0.286. The molecular weight excluding hydrogens is 248 g/mol. The maximum Gasteiger partial charge on any atom is 0.347 e. The van der Waals surface area contributed by atoms with Crippen molar-refractivity contribution in [2.45, 2.75) is 11.8 Å². The molecule has 0 fully saturated rings. The monoisotopic (exact) mass is 254 g/mol. The second-order valence-corrected chi connectivity index (χ2v) is 6.38. The molecule has 4 nitrogen and oxygen atoms in total. The second kappa shape index (κ2) is 3.88. The summed E-state index contributed by atoms with van der Waals surface area (Å²) in [6, 6.07) is 1.18. The number of aromatic carboxylic acids is 1. The summed E-state index contributed by atoms with van der Waals surface area (Å²) in [5.41, 5.74) is 0. The Morgan fingerprint density at radius 2 is 2.21 bits per heavy atom. The molecule has 0 radical (unpaired) electrons. The first kappa shape index (κ1) is 11.5. The van der Waals surface area contributed by atoms with E-state index in [2.05, 4.69) is 0 Å². The molecule has 0 aliphatic rings. The van der Waals surface area contributed by atoms with Gasteiger partial charge in [0.15, 0.2) is 9.84 Å². The van der Waals surface area contributed by atoms with E-state index in [9.17, 15) is 13.2 Å². The van der Waals surface area contributed by atoms with Crippen LogP contribution in [0.4, 0.5) is 0 Å². The lowest BCUT2D eigenvalue weighted by Gasteiger charge is -1.98. The highest BCUT2D eigenvalue weighted by molar-refractivity contribution is 7.91. The van der Waals surface area contributed by atoms with E-state index in [0.717, 1.165) is 11.3 Å². The topological polar surface area (TPSA) is 71.4 Å². The SMILES string of the molecule is CCS(=O)(=O)c1cc(Cl)sc1C(=O)O. The number of sulfone groups is 1. The number of carboxylic acid groups (broad SMARTS) is 1. The average molecular weight is 255 g/mol. The fourth-order valence-electron chi connectivity index (χ4n) is 0.881. The van der Waals surface area contributed by atoms with Crippen LogP contribution in [-0.4, -0.2) is 25.2 Å². The maximum atomic E-state index is 11.4. The van der Waals surface area contributed by atoms with E-state index in [4.69, 9.17) is 16.7 Å². The predicted octanol–water partition coefficient (Wildman–Crippen LogP) is 1.89. The van der Waals surface area contributed by atoms with Crippen LogP contribution in [0.3, 0.4) is 0 Å². The number of hydrogen-bond donors (Lipinski definition) is 1. The lowest BCUT2D eigenvalue weighted by Crippen LogP contribution is -2.07. The summed E-state index contributed by atoms with van der Waals surface area (Å²) in [4.78, 5) is 10.3. The third kappa shape index (κ3) is 2.08. The zero-order valence-corrected chi connectivity index (χ0v) is 9.54. The molecule has 1 aromatic rings. The Morgan fingerprint density at radius 3 is 2.64 bits per heavy atom. The van der Waals surface area contributed by atoms with Crippen molar-refractivity contribution in [3.63, 3.8) is 0 Å². The van der Waals surface area contributed by atoms with Crippen LogP contribution < -0.4 is 0 Å². The Hall–Kier alpha value is -0.590. The minimum atomic E-state index is -3.51. The van der Waals surface area contributed by atoms with Gasteiger partial charge in [-0.3, -0.25) is 0 Å². The van der Waals surface area contributed by atoms with Crippen molar-refractivity contribution >= 4 is 38.7 Å². The first-order chi connectivity index (χ1) is 6.38. The van der Waals surface area contributed by atoms with Gasteiger partial charge < -0.3 is 5.11 Å². The summed E-state index contributed by atoms with van der Waals surface area (Å²) < 4.78 is 23.0. The van der Waals surface area contributed by atoms with E-state index in [1.165, 1.54) is 13.0 Å². The van der Waals surface area contributed by atoms with Crippen LogP contribution in [0.2, 0.25) is 4.34 Å². The summed E-state index contributed by atoms with van der Waals surface area (Å²) in [7, 11) is -3.51. The third-order valence-electron chi connectivity index (χ3n) is 1.58. The molecule has 0 unspecified atom stereocenters. The van der Waals surface area contributed by atoms with Gasteiger partial charge in [0.1, 0.15) is 4.88 Å². The highest BCUT2D eigenvalue weighted by atomic mass is 35.5. The molecule has 0 saturated carbocycles. The van der Waals surface area contributed by atoms with Crippen LogP contribution >= 0.6 is 22.9 Å². The highest BCUT2D eigenvalue weighted by Crippen LogP contribution is 2.30. The molecule has 0 amide bonds. The minimum Gasteiger partial charge on any atom is -0.477 e. The van der Waals surface area contributed by atoms with Crippen LogP contribution in [0.15, 0.2) is 11.0 Å². The Bertz CT molecular complexity index is 460. The van der Waals surface area contributed by atoms with Gasteiger partial charge in [0.05, 0.1) is 15.0 Å². The van der Waals surface area contributed by atoms with Crippen LogP contribution in [-0.2, 0) is 9.84 Å². The highest BCUT2D eigenvalue weighted by Gasteiger charge is 2.23. The Balaban J connectivity index is 3.42. The van der Waals surface area contributed by atoms with Crippen LogP contribution in [0, 0.1) is 0 Å². The average Bonchev–Trinajstić information content (AvgIpc) is 2.48. The Morgan fingerprint density at radius 1 is 1.64 bits per heavy atom. The molecule has 0 saturated heterocycles. The summed E-state index contributed by atoms with van der Waals surface area (Å²) in [5.74, 6) is -1.41. The molecule has 0 bridgehead atoms. The van der Waals surface area contributed by atoms with Crippen molar-refractivity contribution < 1.29 is 18.3 Å². The van der Waals surface area contributed by atoms with Crippen LogP contribution in [0.5, 0.6) is 0 Å². The summed E-state index contributed by atoms with van der Waals surface area (Å²) in [6.45, 7) is 1.45. The molecule has 0 aromatic carbocycles. The van der Waals surface area contributed by atoms with E-state index in [1.807, 2.05) is 0 Å². The quantitative estimate of drug-likeness (QED) is 0.894. The smallest absolute Gasteiger partial charge is 0.347 e. The molecule has 14 heavy (non-hydrogen) atoms. The first-order valence-corrected chi connectivity index (χ1v) is 6.48. The van der Waals surface area contributed by atoms with Crippen LogP contribution in [0.1, 0.15) is 16.6 Å². The van der Waals surface area contributed by atoms with Crippen molar-refractivity contribution in [3.8, 4) is 0 Å². The van der Waals surface area contributed by atoms with Gasteiger partial charge in [0.2, 0.25) is 0 Å². The van der Waals surface area contributed by atoms with E-state index >= 15 is 0 Å². The molecule has 0 spiro atoms. The van der Waals surface area contributed by atoms with Gasteiger partial charge in [-0.25, -0.2) is 13.2 Å². The standard InChI is InChI=1S/C7H7ClO4S2/c1-2-14(11,12)4-3-5(8)13-6(4)7(9)10/h3H,2H2,1H3,(H,9,10). The van der Waals surface area contributed by atoms with Crippen molar-refractivity contribution in [3.05, 3.63) is 15.3 Å². The molecule has 0 atom stereocenters. The number of thiophene rings is 1. The summed E-state index contributed by atoms with van der Waals surface area (Å²) in [6.07, 6.45) is 0. The number of hydrogen-bond acceptors (Lipinski definition) is 4. The lowest BCUT2D eigenvalue weighted by atomic mass is 10.5. The Kier molecular flexibility index (Phi) is 3.18. The molecular formula is C7H7ClO4S2. The van der Waals surface area contributed by atoms with Gasteiger partial charge in [-0.15, -0.1) is 11.3 Å². The lowest BCUT2D eigenvalue weighted by molar-refractivity contribution is 0.0698. The van der Waals surface area contributed by atoms with Crippen molar-refractivity contribution in [2.75, 3.05) is 5.75 Å². The molecule has 7 heteroatoms. The molecule has 0 aliphatic heterocycles. The fourth-order valence-corrected chi connectivity index (χ4v) is 3.46. The molecule has 1 N–H and O–H groups in total. The Labute approximate surface area is 90.1 Å². The van der Waals surface area contributed by atoms with E-state index in [1.54, 1.807) is 0 Å². The number of rotatable bonds is 3. The van der Waals surface area contributed by atoms with E-state index in [0.29, 0.717) is 0 Å². The number of carbonyl (C=O) groups is 1. The van der Waals surface area contributed by atoms with E-state index in [-0.39, 0.29) is 19.9 Å². The van der Waals surface area contributed by atoms with Gasteiger partial charge in [0, 0.05) is 0 Å². The molecule has 78 valence electrons. The summed E-state index contributed by atoms with van der Waals surface area (Å²) in [5, 5.41) is 8.73. The molecule has 1 rings (SSSR count). The van der Waals surface area contributed by atoms with Gasteiger partial charge in [-0.05, 0) is 6.07 Å². The zero-order chi connectivity index (χ0) is 10.9. The van der Waals surface area contributed by atoms with Gasteiger partial charge in [-0.1, -0.05) is 18.5 Å². The van der Waals surface area contributed by atoms with E-state index < -0.39 is 15.8 Å². The first-order valence-electron chi connectivity index (χ1n) is 3.64. The predicted molar refractivity (Wildman–Crippen MR) is 54.0 cm³/mol.